The minimum atomic E-state index is -4.86. The van der Waals surface area contributed by atoms with Gasteiger partial charge in [-0.3, -0.25) is 9.63 Å². The molecule has 2 heterocycles. The number of alkyl halides is 3. The molecule has 0 unspecified atom stereocenters. The third-order valence-corrected chi connectivity index (χ3v) is 3.13. The molecule has 4 nitrogen and oxygen atoms in total. The fourth-order valence-corrected chi connectivity index (χ4v) is 2.30. The summed E-state index contributed by atoms with van der Waals surface area (Å²) in [5, 5.41) is 3.65. The molecular weight excluding hydrogens is 237 g/mol. The van der Waals surface area contributed by atoms with E-state index in [0.717, 1.165) is 19.4 Å². The maximum Gasteiger partial charge on any atom is 0.473 e. The molecule has 2 saturated heterocycles. The molecule has 0 aliphatic carbocycles. The summed E-state index contributed by atoms with van der Waals surface area (Å²) in [5.41, 5.74) is 0. The lowest BCUT2D eigenvalue weighted by molar-refractivity contribution is -0.257. The molecule has 0 spiro atoms. The molecule has 0 aromatic carbocycles. The van der Waals surface area contributed by atoms with Crippen molar-refractivity contribution < 1.29 is 22.8 Å². The minimum absolute atomic E-state index is 0.0154. The standard InChI is InChI=1S/C10H15F3N2O2/c11-10(12,13)9(16)15-6-2-4-8(17-15)7-3-1-5-14-7/h7-8,14H,1-6H2/t7-,8+/m0/s1. The molecule has 2 fully saturated rings. The van der Waals surface area contributed by atoms with E-state index in [0.29, 0.717) is 17.9 Å². The summed E-state index contributed by atoms with van der Waals surface area (Å²) in [6, 6.07) is 0.0684. The molecule has 2 aliphatic heterocycles. The van der Waals surface area contributed by atoms with Gasteiger partial charge in [-0.15, -0.1) is 0 Å². The fourth-order valence-electron chi connectivity index (χ4n) is 2.30. The Morgan fingerprint density at radius 1 is 1.29 bits per heavy atom. The first-order chi connectivity index (χ1) is 7.98. The monoisotopic (exact) mass is 252 g/mol. The molecular formula is C10H15F3N2O2. The quantitative estimate of drug-likeness (QED) is 0.763. The van der Waals surface area contributed by atoms with Crippen molar-refractivity contribution in [2.24, 2.45) is 0 Å². The maximum atomic E-state index is 12.3. The molecule has 2 atom stereocenters. The molecule has 0 saturated carbocycles. The first kappa shape index (κ1) is 12.6. The van der Waals surface area contributed by atoms with E-state index >= 15 is 0 Å². The normalized spacial score (nSPS) is 30.6. The molecule has 2 aliphatic rings. The van der Waals surface area contributed by atoms with Crippen LogP contribution in [0.25, 0.3) is 0 Å². The number of carbonyl (C=O) groups is 1. The van der Waals surface area contributed by atoms with Gasteiger partial charge in [-0.05, 0) is 32.2 Å². The number of hydrogen-bond donors (Lipinski definition) is 1. The van der Waals surface area contributed by atoms with Crippen LogP contribution in [0.2, 0.25) is 0 Å². The van der Waals surface area contributed by atoms with Gasteiger partial charge in [0.1, 0.15) is 6.10 Å². The highest BCUT2D eigenvalue weighted by Crippen LogP contribution is 2.26. The molecule has 1 amide bonds. The predicted octanol–water partition coefficient (Wildman–Crippen LogP) is 1.22. The maximum absolute atomic E-state index is 12.3. The lowest BCUT2D eigenvalue weighted by Crippen LogP contribution is -2.50. The summed E-state index contributed by atoms with van der Waals surface area (Å²) >= 11 is 0. The van der Waals surface area contributed by atoms with Crippen LogP contribution in [-0.2, 0) is 9.63 Å². The number of amides is 1. The zero-order valence-corrected chi connectivity index (χ0v) is 9.29. The zero-order chi connectivity index (χ0) is 12.5. The number of nitrogens with one attached hydrogen (secondary N) is 1. The summed E-state index contributed by atoms with van der Waals surface area (Å²) in [7, 11) is 0. The molecule has 0 aromatic heterocycles. The Kier molecular flexibility index (Phi) is 3.58. The predicted molar refractivity (Wildman–Crippen MR) is 52.9 cm³/mol. The molecule has 2 rings (SSSR count). The summed E-state index contributed by atoms with van der Waals surface area (Å²) in [6.07, 6.45) is -2.05. The molecule has 0 bridgehead atoms. The lowest BCUT2D eigenvalue weighted by Gasteiger charge is -2.35. The molecule has 0 aromatic rings. The van der Waals surface area contributed by atoms with Gasteiger partial charge in [0.05, 0.1) is 0 Å². The van der Waals surface area contributed by atoms with E-state index in [4.69, 9.17) is 4.84 Å². The Morgan fingerprint density at radius 2 is 2.06 bits per heavy atom. The Hall–Kier alpha value is -0.820. The topological polar surface area (TPSA) is 41.6 Å². The van der Waals surface area contributed by atoms with Gasteiger partial charge in [0.25, 0.3) is 0 Å². The second-order valence-corrected chi connectivity index (χ2v) is 4.39. The Labute approximate surface area is 97.0 Å². The zero-order valence-electron chi connectivity index (χ0n) is 9.29. The summed E-state index contributed by atoms with van der Waals surface area (Å²) < 4.78 is 36.8. The SMILES string of the molecule is O=C(N1CCC[C@H]([C@@H]2CCCN2)O1)C(F)(F)F. The van der Waals surface area contributed by atoms with Crippen molar-refractivity contribution in [2.75, 3.05) is 13.1 Å². The Balaban J connectivity index is 1.94. The average molecular weight is 252 g/mol. The van der Waals surface area contributed by atoms with Gasteiger partial charge >= 0.3 is 12.1 Å². The lowest BCUT2D eigenvalue weighted by atomic mass is 10.0. The van der Waals surface area contributed by atoms with E-state index in [9.17, 15) is 18.0 Å². The van der Waals surface area contributed by atoms with E-state index in [1.165, 1.54) is 0 Å². The van der Waals surface area contributed by atoms with Gasteiger partial charge in [0.15, 0.2) is 0 Å². The van der Waals surface area contributed by atoms with E-state index in [1.807, 2.05) is 0 Å². The van der Waals surface area contributed by atoms with Gasteiger partial charge in [0, 0.05) is 12.6 Å². The number of rotatable bonds is 1. The van der Waals surface area contributed by atoms with Crippen molar-refractivity contribution in [1.82, 2.24) is 10.4 Å². The van der Waals surface area contributed by atoms with Crippen LogP contribution in [-0.4, -0.2) is 42.4 Å². The van der Waals surface area contributed by atoms with Gasteiger partial charge < -0.3 is 5.32 Å². The second-order valence-electron chi connectivity index (χ2n) is 4.39. The Bertz CT molecular complexity index is 290. The van der Waals surface area contributed by atoms with Crippen molar-refractivity contribution in [3.05, 3.63) is 0 Å². The van der Waals surface area contributed by atoms with Crippen LogP contribution in [0.3, 0.4) is 0 Å². The van der Waals surface area contributed by atoms with E-state index < -0.39 is 12.1 Å². The molecule has 1 N–H and O–H groups in total. The average Bonchev–Trinajstić information content (AvgIpc) is 2.80. The minimum Gasteiger partial charge on any atom is -0.311 e. The smallest absolute Gasteiger partial charge is 0.311 e. The number of halogens is 3. The van der Waals surface area contributed by atoms with E-state index in [1.54, 1.807) is 0 Å². The molecule has 17 heavy (non-hydrogen) atoms. The van der Waals surface area contributed by atoms with Crippen LogP contribution in [0.5, 0.6) is 0 Å². The fraction of sp³-hybridized carbons (Fsp3) is 0.900. The van der Waals surface area contributed by atoms with Crippen LogP contribution < -0.4 is 5.32 Å². The van der Waals surface area contributed by atoms with Crippen LogP contribution in [0.1, 0.15) is 25.7 Å². The van der Waals surface area contributed by atoms with Gasteiger partial charge in [-0.1, -0.05) is 0 Å². The number of nitrogens with zero attached hydrogens (tertiary/aromatic N) is 1. The van der Waals surface area contributed by atoms with Gasteiger partial charge in [0.2, 0.25) is 0 Å². The summed E-state index contributed by atoms with van der Waals surface area (Å²) in [5.74, 6) is -1.90. The van der Waals surface area contributed by atoms with E-state index in [2.05, 4.69) is 5.32 Å². The molecule has 0 radical (unpaired) electrons. The number of hydrogen-bond acceptors (Lipinski definition) is 3. The molecule has 7 heteroatoms. The Morgan fingerprint density at radius 3 is 2.65 bits per heavy atom. The highest BCUT2D eigenvalue weighted by Gasteiger charge is 2.45. The van der Waals surface area contributed by atoms with E-state index in [-0.39, 0.29) is 18.7 Å². The van der Waals surface area contributed by atoms with Crippen LogP contribution in [0, 0.1) is 0 Å². The first-order valence-electron chi connectivity index (χ1n) is 5.77. The van der Waals surface area contributed by atoms with Crippen LogP contribution >= 0.6 is 0 Å². The second kappa shape index (κ2) is 4.81. The third-order valence-electron chi connectivity index (χ3n) is 3.13. The van der Waals surface area contributed by atoms with Crippen molar-refractivity contribution in [3.8, 4) is 0 Å². The first-order valence-corrected chi connectivity index (χ1v) is 5.77. The van der Waals surface area contributed by atoms with Crippen LogP contribution in [0.15, 0.2) is 0 Å². The number of hydroxylamine groups is 2. The van der Waals surface area contributed by atoms with Gasteiger partial charge in [-0.2, -0.15) is 13.2 Å². The highest BCUT2D eigenvalue weighted by molar-refractivity contribution is 5.80. The van der Waals surface area contributed by atoms with Crippen molar-refractivity contribution in [2.45, 2.75) is 44.0 Å². The third kappa shape index (κ3) is 2.90. The number of carbonyl (C=O) groups excluding carboxylic acids is 1. The van der Waals surface area contributed by atoms with Crippen molar-refractivity contribution in [3.63, 3.8) is 0 Å². The largest absolute Gasteiger partial charge is 0.473 e. The summed E-state index contributed by atoms with van der Waals surface area (Å²) in [6.45, 7) is 0.874. The van der Waals surface area contributed by atoms with Crippen molar-refractivity contribution >= 4 is 5.91 Å². The molecule has 98 valence electrons. The summed E-state index contributed by atoms with van der Waals surface area (Å²) in [4.78, 5) is 16.2. The van der Waals surface area contributed by atoms with Gasteiger partial charge in [-0.25, -0.2) is 5.06 Å². The van der Waals surface area contributed by atoms with Crippen LogP contribution in [0.4, 0.5) is 13.2 Å². The highest BCUT2D eigenvalue weighted by atomic mass is 19.4. The van der Waals surface area contributed by atoms with Crippen molar-refractivity contribution in [1.29, 1.82) is 0 Å².